The monoisotopic (exact) mass is 278 g/mol. The standard InChI is InChI=1S/C14H15ClN2O2/c1-19-8-2-7-17-14(18)12(10-16)9-11-3-5-13(15)6-4-11/h3-6,9H,2,7-8H2,1H3,(H,17,18)/b12-9-. The quantitative estimate of drug-likeness (QED) is 0.494. The van der Waals surface area contributed by atoms with Crippen LogP contribution in [0.4, 0.5) is 0 Å². The van der Waals surface area contributed by atoms with Crippen LogP contribution >= 0.6 is 11.6 Å². The van der Waals surface area contributed by atoms with Gasteiger partial charge in [-0.1, -0.05) is 23.7 Å². The van der Waals surface area contributed by atoms with E-state index in [-0.39, 0.29) is 11.5 Å². The van der Waals surface area contributed by atoms with Crippen LogP contribution in [0.15, 0.2) is 29.8 Å². The number of nitrogens with zero attached hydrogens (tertiary/aromatic N) is 1. The maximum atomic E-state index is 11.7. The third-order valence-corrected chi connectivity index (χ3v) is 2.61. The number of methoxy groups -OCH3 is 1. The third kappa shape index (κ3) is 5.56. The third-order valence-electron chi connectivity index (χ3n) is 2.36. The van der Waals surface area contributed by atoms with Crippen LogP contribution in [0.25, 0.3) is 6.08 Å². The molecule has 0 unspecified atom stereocenters. The molecule has 0 atom stereocenters. The van der Waals surface area contributed by atoms with Crippen LogP contribution in [0.1, 0.15) is 12.0 Å². The van der Waals surface area contributed by atoms with E-state index in [1.165, 1.54) is 6.08 Å². The molecule has 1 N–H and O–H groups in total. The predicted molar refractivity (Wildman–Crippen MR) is 74.5 cm³/mol. The summed E-state index contributed by atoms with van der Waals surface area (Å²) < 4.78 is 4.87. The lowest BCUT2D eigenvalue weighted by molar-refractivity contribution is -0.117. The Labute approximate surface area is 117 Å². The molecule has 0 saturated carbocycles. The zero-order valence-electron chi connectivity index (χ0n) is 10.6. The molecule has 0 saturated heterocycles. The van der Waals surface area contributed by atoms with Crippen LogP contribution in [0.5, 0.6) is 0 Å². The van der Waals surface area contributed by atoms with Crippen molar-refractivity contribution in [2.75, 3.05) is 20.3 Å². The summed E-state index contributed by atoms with van der Waals surface area (Å²) in [6.07, 6.45) is 2.24. The smallest absolute Gasteiger partial charge is 0.261 e. The molecular weight excluding hydrogens is 264 g/mol. The molecule has 100 valence electrons. The molecule has 0 aliphatic heterocycles. The van der Waals surface area contributed by atoms with Crippen molar-refractivity contribution >= 4 is 23.6 Å². The molecule has 0 heterocycles. The summed E-state index contributed by atoms with van der Waals surface area (Å²) in [5.41, 5.74) is 0.827. The van der Waals surface area contributed by atoms with E-state index in [1.807, 2.05) is 6.07 Å². The Bertz CT molecular complexity index is 489. The van der Waals surface area contributed by atoms with Crippen molar-refractivity contribution in [2.24, 2.45) is 0 Å². The highest BCUT2D eigenvalue weighted by Crippen LogP contribution is 2.12. The summed E-state index contributed by atoms with van der Waals surface area (Å²) >= 11 is 5.77. The van der Waals surface area contributed by atoms with Gasteiger partial charge in [-0.25, -0.2) is 0 Å². The van der Waals surface area contributed by atoms with Crippen molar-refractivity contribution in [3.05, 3.63) is 40.4 Å². The second-order valence-corrected chi connectivity index (χ2v) is 4.26. The number of nitrogens with one attached hydrogen (secondary N) is 1. The lowest BCUT2D eigenvalue weighted by Gasteiger charge is -2.03. The molecular formula is C14H15ClN2O2. The summed E-state index contributed by atoms with van der Waals surface area (Å²) in [6, 6.07) is 8.80. The van der Waals surface area contributed by atoms with Gasteiger partial charge in [0, 0.05) is 25.3 Å². The molecule has 0 bridgehead atoms. The Kier molecular flexibility index (Phi) is 6.65. The first-order valence-corrected chi connectivity index (χ1v) is 6.19. The molecule has 0 aromatic heterocycles. The highest BCUT2D eigenvalue weighted by molar-refractivity contribution is 6.30. The predicted octanol–water partition coefficient (Wildman–Crippen LogP) is 2.40. The van der Waals surface area contributed by atoms with Crippen molar-refractivity contribution in [2.45, 2.75) is 6.42 Å². The summed E-state index contributed by atoms with van der Waals surface area (Å²) in [4.78, 5) is 11.7. The molecule has 0 aliphatic rings. The molecule has 0 aliphatic carbocycles. The van der Waals surface area contributed by atoms with Crippen LogP contribution in [0.3, 0.4) is 0 Å². The molecule has 5 heteroatoms. The first kappa shape index (κ1) is 15.2. The molecule has 1 rings (SSSR count). The van der Waals surface area contributed by atoms with E-state index in [2.05, 4.69) is 5.32 Å². The fourth-order valence-electron chi connectivity index (χ4n) is 1.39. The van der Waals surface area contributed by atoms with Gasteiger partial charge >= 0.3 is 0 Å². The Morgan fingerprint density at radius 3 is 2.74 bits per heavy atom. The van der Waals surface area contributed by atoms with E-state index in [9.17, 15) is 4.79 Å². The summed E-state index contributed by atoms with van der Waals surface area (Å²) in [6.45, 7) is 1.05. The number of carbonyl (C=O) groups is 1. The van der Waals surface area contributed by atoms with Crippen LogP contribution in [0.2, 0.25) is 5.02 Å². The van der Waals surface area contributed by atoms with E-state index in [4.69, 9.17) is 21.6 Å². The molecule has 1 aromatic rings. The lowest BCUT2D eigenvalue weighted by atomic mass is 10.1. The Hall–Kier alpha value is -1.83. The summed E-state index contributed by atoms with van der Waals surface area (Å²) in [5, 5.41) is 12.3. The normalized spacial score (nSPS) is 10.9. The van der Waals surface area contributed by atoms with Crippen LogP contribution in [-0.4, -0.2) is 26.2 Å². The van der Waals surface area contributed by atoms with Crippen molar-refractivity contribution in [1.29, 1.82) is 5.26 Å². The zero-order chi connectivity index (χ0) is 14.1. The van der Waals surface area contributed by atoms with Gasteiger partial charge in [-0.2, -0.15) is 5.26 Å². The number of hydrogen-bond donors (Lipinski definition) is 1. The minimum atomic E-state index is -0.381. The Morgan fingerprint density at radius 2 is 2.16 bits per heavy atom. The Morgan fingerprint density at radius 1 is 1.47 bits per heavy atom. The number of nitriles is 1. The number of rotatable bonds is 6. The van der Waals surface area contributed by atoms with Gasteiger partial charge in [0.25, 0.3) is 5.91 Å². The second-order valence-electron chi connectivity index (χ2n) is 3.82. The van der Waals surface area contributed by atoms with Gasteiger partial charge < -0.3 is 10.1 Å². The topological polar surface area (TPSA) is 62.1 Å². The second kappa shape index (κ2) is 8.30. The molecule has 19 heavy (non-hydrogen) atoms. The van der Waals surface area contributed by atoms with Crippen molar-refractivity contribution < 1.29 is 9.53 Å². The minimum absolute atomic E-state index is 0.0692. The number of halogens is 1. The number of benzene rings is 1. The first-order valence-electron chi connectivity index (χ1n) is 5.82. The van der Waals surface area contributed by atoms with E-state index < -0.39 is 0 Å². The molecule has 0 fully saturated rings. The maximum Gasteiger partial charge on any atom is 0.261 e. The van der Waals surface area contributed by atoms with Gasteiger partial charge in [0.15, 0.2) is 0 Å². The van der Waals surface area contributed by atoms with E-state index in [1.54, 1.807) is 31.4 Å². The number of carbonyl (C=O) groups excluding carboxylic acids is 1. The van der Waals surface area contributed by atoms with Gasteiger partial charge in [0.05, 0.1) is 0 Å². The van der Waals surface area contributed by atoms with Gasteiger partial charge in [-0.15, -0.1) is 0 Å². The minimum Gasteiger partial charge on any atom is -0.385 e. The van der Waals surface area contributed by atoms with Crippen LogP contribution < -0.4 is 5.32 Å². The molecule has 1 aromatic carbocycles. The summed E-state index contributed by atoms with van der Waals surface area (Å²) in [7, 11) is 1.60. The fourth-order valence-corrected chi connectivity index (χ4v) is 1.51. The van der Waals surface area contributed by atoms with Crippen molar-refractivity contribution in [3.8, 4) is 6.07 Å². The number of ether oxygens (including phenoxy) is 1. The molecule has 0 spiro atoms. The van der Waals surface area contributed by atoms with E-state index >= 15 is 0 Å². The lowest BCUT2D eigenvalue weighted by Crippen LogP contribution is -2.26. The maximum absolute atomic E-state index is 11.7. The fraction of sp³-hybridized carbons (Fsp3) is 0.286. The number of amides is 1. The summed E-state index contributed by atoms with van der Waals surface area (Å²) in [5.74, 6) is -0.381. The molecule has 0 radical (unpaired) electrons. The van der Waals surface area contributed by atoms with E-state index in [0.29, 0.717) is 24.6 Å². The average Bonchev–Trinajstić information content (AvgIpc) is 2.42. The van der Waals surface area contributed by atoms with Gasteiger partial charge in [-0.3, -0.25) is 4.79 Å². The van der Waals surface area contributed by atoms with Crippen molar-refractivity contribution in [1.82, 2.24) is 5.32 Å². The van der Waals surface area contributed by atoms with E-state index in [0.717, 1.165) is 5.56 Å². The zero-order valence-corrected chi connectivity index (χ0v) is 11.4. The van der Waals surface area contributed by atoms with Gasteiger partial charge in [0.1, 0.15) is 11.6 Å². The van der Waals surface area contributed by atoms with Crippen LogP contribution in [-0.2, 0) is 9.53 Å². The largest absolute Gasteiger partial charge is 0.385 e. The average molecular weight is 279 g/mol. The van der Waals surface area contributed by atoms with Gasteiger partial charge in [-0.05, 0) is 30.2 Å². The van der Waals surface area contributed by atoms with Crippen molar-refractivity contribution in [3.63, 3.8) is 0 Å². The first-order chi connectivity index (χ1) is 9.17. The highest BCUT2D eigenvalue weighted by Gasteiger charge is 2.07. The van der Waals surface area contributed by atoms with Crippen LogP contribution in [0, 0.1) is 11.3 Å². The molecule has 4 nitrogen and oxygen atoms in total. The SMILES string of the molecule is COCCCNC(=O)/C(C#N)=C\c1ccc(Cl)cc1. The Balaban J connectivity index is 2.64. The molecule has 1 amide bonds. The van der Waals surface area contributed by atoms with Gasteiger partial charge in [0.2, 0.25) is 0 Å². The number of hydrogen-bond acceptors (Lipinski definition) is 3. The highest BCUT2D eigenvalue weighted by atomic mass is 35.5.